The third-order valence-corrected chi connectivity index (χ3v) is 1.93. The van der Waals surface area contributed by atoms with Gasteiger partial charge >= 0.3 is 0 Å². The van der Waals surface area contributed by atoms with Crippen LogP contribution in [0.2, 0.25) is 0 Å². The predicted octanol–water partition coefficient (Wildman–Crippen LogP) is 0.854. The van der Waals surface area contributed by atoms with Crippen molar-refractivity contribution in [1.82, 2.24) is 5.32 Å². The largest absolute Gasteiger partial charge is 0.357 e. The second-order valence-electron chi connectivity index (χ2n) is 2.68. The first-order valence-electron chi connectivity index (χ1n) is 3.88. The molecule has 0 aromatic heterocycles. The highest BCUT2D eigenvalue weighted by atomic mass is 15.3. The van der Waals surface area contributed by atoms with E-state index in [0.717, 1.165) is 19.8 Å². The van der Waals surface area contributed by atoms with Crippen molar-refractivity contribution in [2.24, 2.45) is 0 Å². The second kappa shape index (κ2) is 2.93. The van der Waals surface area contributed by atoms with E-state index in [-0.39, 0.29) is 0 Å². The first kappa shape index (κ1) is 6.68. The van der Waals surface area contributed by atoms with Crippen LogP contribution in [0.3, 0.4) is 0 Å². The van der Waals surface area contributed by atoms with Gasteiger partial charge in [0.1, 0.15) is 0 Å². The van der Waals surface area contributed by atoms with Crippen LogP contribution in [0.1, 0.15) is 0 Å². The van der Waals surface area contributed by atoms with Gasteiger partial charge < -0.3 is 4.90 Å². The van der Waals surface area contributed by atoms with Crippen LogP contribution in [-0.2, 0) is 0 Å². The molecule has 57 valence electrons. The zero-order valence-corrected chi connectivity index (χ0v) is 6.38. The number of hydrogen-bond acceptors (Lipinski definition) is 2. The molecule has 0 bridgehead atoms. The van der Waals surface area contributed by atoms with E-state index in [1.807, 2.05) is 12.1 Å². The van der Waals surface area contributed by atoms with Gasteiger partial charge in [0.25, 0.3) is 0 Å². The maximum absolute atomic E-state index is 3.29. The zero-order valence-electron chi connectivity index (χ0n) is 6.38. The molecule has 2 heteroatoms. The van der Waals surface area contributed by atoms with Crippen molar-refractivity contribution in [1.29, 1.82) is 0 Å². The minimum atomic E-state index is 0.976. The van der Waals surface area contributed by atoms with Crippen LogP contribution < -0.4 is 10.2 Å². The maximum Gasteiger partial charge on any atom is 0.0683 e. The average Bonchev–Trinajstić information content (AvgIpc) is 2.58. The third-order valence-electron chi connectivity index (χ3n) is 1.93. The summed E-state index contributed by atoms with van der Waals surface area (Å²) in [6, 6.07) is 11.1. The third kappa shape index (κ3) is 1.35. The fraction of sp³-hybridized carbons (Fsp3) is 0.333. The lowest BCUT2D eigenvalue weighted by Gasteiger charge is -2.15. The van der Waals surface area contributed by atoms with Crippen LogP contribution in [0, 0.1) is 6.07 Å². The van der Waals surface area contributed by atoms with Crippen LogP contribution >= 0.6 is 0 Å². The second-order valence-corrected chi connectivity index (χ2v) is 2.68. The molecule has 2 rings (SSSR count). The van der Waals surface area contributed by atoms with E-state index in [4.69, 9.17) is 0 Å². The number of benzene rings is 1. The Bertz CT molecular complexity index is 214. The van der Waals surface area contributed by atoms with Crippen LogP contribution in [-0.4, -0.2) is 19.8 Å². The minimum absolute atomic E-state index is 0.976. The Balaban J connectivity index is 2.16. The van der Waals surface area contributed by atoms with Crippen LogP contribution in [0.25, 0.3) is 0 Å². The summed E-state index contributed by atoms with van der Waals surface area (Å²) in [6.45, 7) is 3.19. The van der Waals surface area contributed by atoms with Gasteiger partial charge in [0, 0.05) is 18.8 Å². The molecule has 1 aliphatic heterocycles. The topological polar surface area (TPSA) is 15.3 Å². The molecule has 1 fully saturated rings. The molecule has 1 heterocycles. The Morgan fingerprint density at radius 2 is 2.18 bits per heavy atom. The molecule has 11 heavy (non-hydrogen) atoms. The van der Waals surface area contributed by atoms with Gasteiger partial charge in [-0.05, 0) is 18.2 Å². The summed E-state index contributed by atoms with van der Waals surface area (Å²) >= 11 is 0. The van der Waals surface area contributed by atoms with Crippen LogP contribution in [0.5, 0.6) is 0 Å². The quantitative estimate of drug-likeness (QED) is 0.633. The Kier molecular flexibility index (Phi) is 1.78. The molecular weight excluding hydrogens is 136 g/mol. The van der Waals surface area contributed by atoms with Gasteiger partial charge in [0.15, 0.2) is 0 Å². The summed E-state index contributed by atoms with van der Waals surface area (Å²) in [7, 11) is 0. The molecule has 1 radical (unpaired) electrons. The van der Waals surface area contributed by atoms with Crippen molar-refractivity contribution in [3.63, 3.8) is 0 Å². The molecule has 1 saturated heterocycles. The Hall–Kier alpha value is -1.02. The number of anilines is 1. The fourth-order valence-electron chi connectivity index (χ4n) is 1.32. The normalized spacial score (nSPS) is 17.3. The van der Waals surface area contributed by atoms with Gasteiger partial charge in [-0.1, -0.05) is 12.1 Å². The highest BCUT2D eigenvalue weighted by Gasteiger charge is 2.09. The highest BCUT2D eigenvalue weighted by Crippen LogP contribution is 2.12. The molecule has 2 nitrogen and oxygen atoms in total. The molecule has 1 N–H and O–H groups in total. The molecular formula is C9H11N2. The molecule has 0 amide bonds. The molecule has 1 aromatic carbocycles. The van der Waals surface area contributed by atoms with Crippen molar-refractivity contribution in [2.45, 2.75) is 0 Å². The molecule has 1 aromatic rings. The Labute approximate surface area is 66.8 Å². The summed E-state index contributed by atoms with van der Waals surface area (Å²) in [4.78, 5) is 2.31. The maximum atomic E-state index is 3.29. The lowest BCUT2D eigenvalue weighted by molar-refractivity contribution is 0.855. The Morgan fingerprint density at radius 1 is 1.36 bits per heavy atom. The molecule has 0 aliphatic carbocycles. The smallest absolute Gasteiger partial charge is 0.0683 e. The average molecular weight is 147 g/mol. The lowest BCUT2D eigenvalue weighted by Crippen LogP contribution is -2.20. The van der Waals surface area contributed by atoms with Crippen molar-refractivity contribution in [3.05, 3.63) is 30.3 Å². The molecule has 0 spiro atoms. The molecule has 0 saturated carbocycles. The number of nitrogens with zero attached hydrogens (tertiary/aromatic N) is 1. The first-order chi connectivity index (χ1) is 5.47. The summed E-state index contributed by atoms with van der Waals surface area (Å²) in [5, 5.41) is 3.29. The van der Waals surface area contributed by atoms with Crippen molar-refractivity contribution < 1.29 is 0 Å². The van der Waals surface area contributed by atoms with Gasteiger partial charge in [0.05, 0.1) is 6.67 Å². The van der Waals surface area contributed by atoms with E-state index in [9.17, 15) is 0 Å². The molecule has 0 unspecified atom stereocenters. The molecule has 1 aliphatic rings. The highest BCUT2D eigenvalue weighted by molar-refractivity contribution is 5.46. The van der Waals surface area contributed by atoms with Crippen LogP contribution in [0.4, 0.5) is 5.69 Å². The zero-order chi connectivity index (χ0) is 7.52. The summed E-state index contributed by atoms with van der Waals surface area (Å²) in [6.07, 6.45) is 0. The van der Waals surface area contributed by atoms with Crippen LogP contribution in [0.15, 0.2) is 24.3 Å². The van der Waals surface area contributed by atoms with E-state index in [0.29, 0.717) is 0 Å². The van der Waals surface area contributed by atoms with E-state index in [2.05, 4.69) is 28.4 Å². The fourth-order valence-corrected chi connectivity index (χ4v) is 1.32. The van der Waals surface area contributed by atoms with Gasteiger partial charge in [-0.3, -0.25) is 5.32 Å². The summed E-state index contributed by atoms with van der Waals surface area (Å²) in [5.41, 5.74) is 1.29. The van der Waals surface area contributed by atoms with E-state index >= 15 is 0 Å². The van der Waals surface area contributed by atoms with Gasteiger partial charge in [-0.2, -0.15) is 0 Å². The van der Waals surface area contributed by atoms with Crippen molar-refractivity contribution in [3.8, 4) is 0 Å². The monoisotopic (exact) mass is 147 g/mol. The lowest BCUT2D eigenvalue weighted by atomic mass is 10.3. The van der Waals surface area contributed by atoms with E-state index in [1.165, 1.54) is 5.69 Å². The molecule has 0 atom stereocenters. The van der Waals surface area contributed by atoms with E-state index < -0.39 is 0 Å². The minimum Gasteiger partial charge on any atom is -0.357 e. The SMILES string of the molecule is [c]1ccc(N2CCNC2)cc1. The van der Waals surface area contributed by atoms with Gasteiger partial charge in [0.2, 0.25) is 0 Å². The number of hydrogen-bond donors (Lipinski definition) is 1. The van der Waals surface area contributed by atoms with Crippen molar-refractivity contribution in [2.75, 3.05) is 24.7 Å². The van der Waals surface area contributed by atoms with Gasteiger partial charge in [-0.25, -0.2) is 0 Å². The summed E-state index contributed by atoms with van der Waals surface area (Å²) in [5.74, 6) is 0. The van der Waals surface area contributed by atoms with Gasteiger partial charge in [-0.15, -0.1) is 0 Å². The summed E-state index contributed by atoms with van der Waals surface area (Å²) < 4.78 is 0. The van der Waals surface area contributed by atoms with E-state index in [1.54, 1.807) is 0 Å². The predicted molar refractivity (Wildman–Crippen MR) is 45.5 cm³/mol. The standard InChI is InChI=1S/C9H11N2/c1-2-4-9(5-3-1)11-7-6-10-8-11/h2-5,10H,6-8H2. The first-order valence-corrected chi connectivity index (χ1v) is 3.88. The number of nitrogens with one attached hydrogen (secondary N) is 1. The number of rotatable bonds is 1. The Morgan fingerprint density at radius 3 is 2.82 bits per heavy atom. The van der Waals surface area contributed by atoms with Crippen molar-refractivity contribution >= 4 is 5.69 Å².